The van der Waals surface area contributed by atoms with Crippen LogP contribution in [-0.4, -0.2) is 12.5 Å². The molecule has 4 heteroatoms. The molecular weight excluding hydrogens is 240 g/mol. The molecule has 1 amide bonds. The predicted octanol–water partition coefficient (Wildman–Crippen LogP) is 2.72. The fourth-order valence-corrected chi connectivity index (χ4v) is 2.66. The maximum absolute atomic E-state index is 11.3. The number of nitrogen functional groups attached to an aromatic ring is 1. The van der Waals surface area contributed by atoms with E-state index in [0.29, 0.717) is 12.1 Å². The van der Waals surface area contributed by atoms with E-state index >= 15 is 0 Å². The molecule has 1 heterocycles. The summed E-state index contributed by atoms with van der Waals surface area (Å²) in [6.07, 6.45) is 6.47. The summed E-state index contributed by atoms with van der Waals surface area (Å²) < 4.78 is 5.80. The average molecular weight is 260 g/mol. The Morgan fingerprint density at radius 3 is 2.89 bits per heavy atom. The number of carbonyl (C=O) groups excluding carboxylic acids is 1. The van der Waals surface area contributed by atoms with Gasteiger partial charge < -0.3 is 15.8 Å². The number of carbonyl (C=O) groups is 1. The standard InChI is InChI=1S/C15H20N2O2/c16-12-9-13-11(4-5-15(18)17-13)8-14(12)19-7-6-10-2-1-3-10/h8-10H,1-7,16H2,(H,17,18). The van der Waals surface area contributed by atoms with E-state index in [0.717, 1.165) is 42.4 Å². The van der Waals surface area contributed by atoms with Crippen LogP contribution in [0.2, 0.25) is 0 Å². The molecule has 102 valence electrons. The Bertz CT molecular complexity index is 495. The van der Waals surface area contributed by atoms with Crippen molar-refractivity contribution in [1.29, 1.82) is 0 Å². The van der Waals surface area contributed by atoms with Crippen molar-refractivity contribution < 1.29 is 9.53 Å². The van der Waals surface area contributed by atoms with Crippen LogP contribution >= 0.6 is 0 Å². The topological polar surface area (TPSA) is 64.3 Å². The smallest absolute Gasteiger partial charge is 0.224 e. The van der Waals surface area contributed by atoms with Crippen molar-refractivity contribution in [2.75, 3.05) is 17.7 Å². The SMILES string of the molecule is Nc1cc2c(cc1OCCC1CCC1)CCC(=O)N2. The van der Waals surface area contributed by atoms with Gasteiger partial charge in [-0.05, 0) is 36.5 Å². The zero-order chi connectivity index (χ0) is 13.2. The van der Waals surface area contributed by atoms with Gasteiger partial charge >= 0.3 is 0 Å². The van der Waals surface area contributed by atoms with Crippen molar-refractivity contribution in [3.8, 4) is 5.75 Å². The third-order valence-electron chi connectivity index (χ3n) is 4.14. The van der Waals surface area contributed by atoms with E-state index in [1.807, 2.05) is 12.1 Å². The minimum absolute atomic E-state index is 0.0607. The number of nitrogens with two attached hydrogens (primary N) is 1. The molecule has 0 bridgehead atoms. The van der Waals surface area contributed by atoms with Gasteiger partial charge in [-0.1, -0.05) is 19.3 Å². The lowest BCUT2D eigenvalue weighted by molar-refractivity contribution is -0.116. The summed E-state index contributed by atoms with van der Waals surface area (Å²) in [6.45, 7) is 0.736. The number of benzene rings is 1. The Morgan fingerprint density at radius 1 is 1.32 bits per heavy atom. The van der Waals surface area contributed by atoms with Crippen LogP contribution in [0.1, 0.15) is 37.7 Å². The second kappa shape index (κ2) is 5.11. The summed E-state index contributed by atoms with van der Waals surface area (Å²) >= 11 is 0. The summed E-state index contributed by atoms with van der Waals surface area (Å²) in [5.41, 5.74) is 8.53. The minimum Gasteiger partial charge on any atom is -0.491 e. The molecule has 1 fully saturated rings. The summed E-state index contributed by atoms with van der Waals surface area (Å²) in [4.78, 5) is 11.3. The van der Waals surface area contributed by atoms with Gasteiger partial charge in [-0.2, -0.15) is 0 Å². The van der Waals surface area contributed by atoms with Crippen molar-refractivity contribution in [3.63, 3.8) is 0 Å². The third kappa shape index (κ3) is 2.67. The first-order chi connectivity index (χ1) is 9.22. The van der Waals surface area contributed by atoms with Crippen molar-refractivity contribution in [1.82, 2.24) is 0 Å². The van der Waals surface area contributed by atoms with E-state index in [4.69, 9.17) is 10.5 Å². The highest BCUT2D eigenvalue weighted by atomic mass is 16.5. The Labute approximate surface area is 113 Å². The van der Waals surface area contributed by atoms with Crippen LogP contribution in [0.4, 0.5) is 11.4 Å². The molecule has 0 radical (unpaired) electrons. The molecule has 19 heavy (non-hydrogen) atoms. The number of fused-ring (bicyclic) bond motifs is 1. The largest absolute Gasteiger partial charge is 0.491 e. The van der Waals surface area contributed by atoms with Crippen molar-refractivity contribution in [2.45, 2.75) is 38.5 Å². The van der Waals surface area contributed by atoms with Crippen LogP contribution in [0.5, 0.6) is 5.75 Å². The summed E-state index contributed by atoms with van der Waals surface area (Å²) in [7, 11) is 0. The van der Waals surface area contributed by atoms with Gasteiger partial charge in [0.2, 0.25) is 5.91 Å². The Kier molecular flexibility index (Phi) is 3.32. The highest BCUT2D eigenvalue weighted by molar-refractivity contribution is 5.94. The number of anilines is 2. The summed E-state index contributed by atoms with van der Waals surface area (Å²) in [6, 6.07) is 3.79. The summed E-state index contributed by atoms with van der Waals surface area (Å²) in [5, 5.41) is 2.85. The molecule has 1 aliphatic heterocycles. The van der Waals surface area contributed by atoms with Crippen LogP contribution in [0, 0.1) is 5.92 Å². The summed E-state index contributed by atoms with van der Waals surface area (Å²) in [5.74, 6) is 1.66. The molecule has 2 aliphatic rings. The lowest BCUT2D eigenvalue weighted by Gasteiger charge is -2.25. The first-order valence-electron chi connectivity index (χ1n) is 7.07. The molecule has 0 saturated heterocycles. The Hall–Kier alpha value is -1.71. The van der Waals surface area contributed by atoms with E-state index in [-0.39, 0.29) is 5.91 Å². The quantitative estimate of drug-likeness (QED) is 0.818. The van der Waals surface area contributed by atoms with Crippen molar-refractivity contribution >= 4 is 17.3 Å². The van der Waals surface area contributed by atoms with Crippen LogP contribution in [0.15, 0.2) is 12.1 Å². The first-order valence-corrected chi connectivity index (χ1v) is 7.07. The molecule has 4 nitrogen and oxygen atoms in total. The van der Waals surface area contributed by atoms with Crippen LogP contribution in [-0.2, 0) is 11.2 Å². The molecule has 1 aromatic rings. The molecule has 1 aliphatic carbocycles. The zero-order valence-electron chi connectivity index (χ0n) is 11.1. The van der Waals surface area contributed by atoms with Gasteiger partial charge in [0.05, 0.1) is 12.3 Å². The minimum atomic E-state index is 0.0607. The van der Waals surface area contributed by atoms with E-state index in [1.54, 1.807) is 0 Å². The van der Waals surface area contributed by atoms with E-state index in [2.05, 4.69) is 5.32 Å². The van der Waals surface area contributed by atoms with Gasteiger partial charge in [0, 0.05) is 12.1 Å². The molecule has 3 rings (SSSR count). The fourth-order valence-electron chi connectivity index (χ4n) is 2.66. The van der Waals surface area contributed by atoms with Crippen molar-refractivity contribution in [2.24, 2.45) is 5.92 Å². The Balaban J connectivity index is 1.65. The molecule has 3 N–H and O–H groups in total. The lowest BCUT2D eigenvalue weighted by atomic mass is 9.83. The zero-order valence-corrected chi connectivity index (χ0v) is 11.1. The van der Waals surface area contributed by atoms with Gasteiger partial charge in [0.25, 0.3) is 0 Å². The van der Waals surface area contributed by atoms with Gasteiger partial charge in [0.1, 0.15) is 5.75 Å². The average Bonchev–Trinajstić information content (AvgIpc) is 2.32. The number of rotatable bonds is 4. The highest BCUT2D eigenvalue weighted by Crippen LogP contribution is 2.33. The molecule has 0 atom stereocenters. The van der Waals surface area contributed by atoms with Crippen LogP contribution in [0.3, 0.4) is 0 Å². The van der Waals surface area contributed by atoms with E-state index in [9.17, 15) is 4.79 Å². The molecule has 1 saturated carbocycles. The molecular formula is C15H20N2O2. The van der Waals surface area contributed by atoms with Gasteiger partial charge in [-0.15, -0.1) is 0 Å². The number of nitrogens with one attached hydrogen (secondary N) is 1. The van der Waals surface area contributed by atoms with Gasteiger partial charge in [-0.25, -0.2) is 0 Å². The number of amides is 1. The molecule has 0 spiro atoms. The fraction of sp³-hybridized carbons (Fsp3) is 0.533. The monoisotopic (exact) mass is 260 g/mol. The maximum Gasteiger partial charge on any atom is 0.224 e. The van der Waals surface area contributed by atoms with E-state index < -0.39 is 0 Å². The number of hydrogen-bond donors (Lipinski definition) is 2. The van der Waals surface area contributed by atoms with Gasteiger partial charge in [0.15, 0.2) is 0 Å². The maximum atomic E-state index is 11.3. The number of ether oxygens (including phenoxy) is 1. The van der Waals surface area contributed by atoms with Crippen molar-refractivity contribution in [3.05, 3.63) is 17.7 Å². The second-order valence-corrected chi connectivity index (χ2v) is 5.53. The normalized spacial score (nSPS) is 18.4. The molecule has 0 unspecified atom stereocenters. The van der Waals surface area contributed by atoms with Crippen LogP contribution < -0.4 is 15.8 Å². The predicted molar refractivity (Wildman–Crippen MR) is 75.3 cm³/mol. The number of hydrogen-bond acceptors (Lipinski definition) is 3. The molecule has 0 aromatic heterocycles. The van der Waals surface area contributed by atoms with E-state index in [1.165, 1.54) is 19.3 Å². The molecule has 1 aromatic carbocycles. The third-order valence-corrected chi connectivity index (χ3v) is 4.14. The first kappa shape index (κ1) is 12.3. The van der Waals surface area contributed by atoms with Crippen LogP contribution in [0.25, 0.3) is 0 Å². The highest BCUT2D eigenvalue weighted by Gasteiger charge is 2.19. The van der Waals surface area contributed by atoms with Gasteiger partial charge in [-0.3, -0.25) is 4.79 Å². The Morgan fingerprint density at radius 2 is 2.16 bits per heavy atom. The second-order valence-electron chi connectivity index (χ2n) is 5.53. The lowest BCUT2D eigenvalue weighted by Crippen LogP contribution is -2.19. The number of aryl methyl sites for hydroxylation is 1.